The Bertz CT molecular complexity index is 1120. The Morgan fingerprint density at radius 1 is 1.19 bits per heavy atom. The number of methoxy groups -OCH3 is 1. The summed E-state index contributed by atoms with van der Waals surface area (Å²) in [7, 11) is -2.39. The molecule has 1 amide bonds. The summed E-state index contributed by atoms with van der Waals surface area (Å²) in [6, 6.07) is 13.0. The summed E-state index contributed by atoms with van der Waals surface area (Å²) in [6.45, 7) is 2.90. The maximum absolute atomic E-state index is 13.0. The Morgan fingerprint density at radius 3 is 2.62 bits per heavy atom. The molecule has 0 bridgehead atoms. The number of nitrogens with zero attached hydrogens (tertiary/aromatic N) is 2. The lowest BCUT2D eigenvalue weighted by molar-refractivity contribution is -0.122. The Hall–Kier alpha value is -3.17. The number of imidazole rings is 1. The van der Waals surface area contributed by atoms with Crippen LogP contribution in [-0.4, -0.2) is 43.6 Å². The Balaban J connectivity index is 1.71. The van der Waals surface area contributed by atoms with Crippen LogP contribution in [0.25, 0.3) is 0 Å². The van der Waals surface area contributed by atoms with Gasteiger partial charge in [-0.25, -0.2) is 13.4 Å². The molecule has 9 heteroatoms. The van der Waals surface area contributed by atoms with Crippen LogP contribution in [0.4, 0.5) is 0 Å². The predicted octanol–water partition coefficient (Wildman–Crippen LogP) is 2.30. The maximum Gasteiger partial charge on any atom is 0.241 e. The first kappa shape index (κ1) is 23.5. The third-order valence-electron chi connectivity index (χ3n) is 5.02. The van der Waals surface area contributed by atoms with Crippen LogP contribution in [0, 0.1) is 6.92 Å². The van der Waals surface area contributed by atoms with E-state index in [0.29, 0.717) is 30.8 Å². The molecule has 0 unspecified atom stereocenters. The van der Waals surface area contributed by atoms with E-state index >= 15 is 0 Å². The normalized spacial score (nSPS) is 12.3. The number of ether oxygens (including phenoxy) is 1. The molecule has 170 valence electrons. The number of nitrogens with one attached hydrogen (secondary N) is 2. The molecule has 1 atom stereocenters. The fraction of sp³-hybridized carbons (Fsp3) is 0.304. The average Bonchev–Trinajstić information content (AvgIpc) is 3.30. The first-order valence-corrected chi connectivity index (χ1v) is 11.8. The molecule has 1 aromatic heterocycles. The van der Waals surface area contributed by atoms with Gasteiger partial charge in [0.15, 0.2) is 0 Å². The number of hydrogen-bond acceptors (Lipinski definition) is 5. The van der Waals surface area contributed by atoms with Crippen molar-refractivity contribution in [3.05, 3.63) is 78.4 Å². The minimum Gasteiger partial charge on any atom is -0.496 e. The lowest BCUT2D eigenvalue weighted by atomic mass is 10.1. The third-order valence-corrected chi connectivity index (χ3v) is 6.49. The van der Waals surface area contributed by atoms with Gasteiger partial charge in [0, 0.05) is 25.5 Å². The molecule has 3 aromatic rings. The van der Waals surface area contributed by atoms with E-state index < -0.39 is 16.1 Å². The van der Waals surface area contributed by atoms with Crippen LogP contribution in [0.2, 0.25) is 0 Å². The molecule has 0 fully saturated rings. The summed E-state index contributed by atoms with van der Waals surface area (Å²) in [4.78, 5) is 17.0. The number of aryl methyl sites for hydroxylation is 2. The van der Waals surface area contributed by atoms with E-state index in [1.807, 2.05) is 41.1 Å². The zero-order chi connectivity index (χ0) is 23.0. The molecule has 0 aliphatic heterocycles. The Morgan fingerprint density at radius 2 is 1.97 bits per heavy atom. The van der Waals surface area contributed by atoms with Gasteiger partial charge in [-0.3, -0.25) is 4.79 Å². The molecular weight excluding hydrogens is 428 g/mol. The molecule has 2 N–H and O–H groups in total. The largest absolute Gasteiger partial charge is 0.496 e. The minimum absolute atomic E-state index is 0.0850. The van der Waals surface area contributed by atoms with Crippen molar-refractivity contribution < 1.29 is 17.9 Å². The Kier molecular flexibility index (Phi) is 8.02. The minimum atomic E-state index is -3.92. The Labute approximate surface area is 188 Å². The van der Waals surface area contributed by atoms with Crippen molar-refractivity contribution >= 4 is 15.9 Å². The van der Waals surface area contributed by atoms with Crippen molar-refractivity contribution in [2.75, 3.05) is 13.7 Å². The SMILES string of the molecule is COc1ccc(S(=O)(=O)N[C@H](Cc2ccccc2)C(=O)NCCCn2ccnc2)cc1C. The monoisotopic (exact) mass is 456 g/mol. The van der Waals surface area contributed by atoms with Crippen LogP contribution >= 0.6 is 0 Å². The van der Waals surface area contributed by atoms with Gasteiger partial charge in [0.2, 0.25) is 15.9 Å². The summed E-state index contributed by atoms with van der Waals surface area (Å²) in [5.74, 6) is 0.230. The first-order chi connectivity index (χ1) is 15.4. The quantitative estimate of drug-likeness (QED) is 0.431. The second kappa shape index (κ2) is 10.9. The average molecular weight is 457 g/mol. The molecule has 3 rings (SSSR count). The molecule has 0 aliphatic rings. The van der Waals surface area contributed by atoms with E-state index in [-0.39, 0.29) is 17.2 Å². The molecule has 2 aromatic carbocycles. The summed E-state index contributed by atoms with van der Waals surface area (Å²) in [5, 5.41) is 2.85. The van der Waals surface area contributed by atoms with Crippen LogP contribution in [0.1, 0.15) is 17.5 Å². The van der Waals surface area contributed by atoms with Crippen molar-refractivity contribution in [1.29, 1.82) is 0 Å². The highest BCUT2D eigenvalue weighted by atomic mass is 32.2. The van der Waals surface area contributed by atoms with Gasteiger partial charge in [0.05, 0.1) is 18.3 Å². The van der Waals surface area contributed by atoms with Crippen LogP contribution in [0.5, 0.6) is 5.75 Å². The number of benzene rings is 2. The summed E-state index contributed by atoms with van der Waals surface area (Å²) in [5.41, 5.74) is 1.55. The lowest BCUT2D eigenvalue weighted by Crippen LogP contribution is -2.48. The molecule has 0 saturated heterocycles. The molecule has 0 saturated carbocycles. The first-order valence-electron chi connectivity index (χ1n) is 10.3. The number of rotatable bonds is 11. The molecule has 0 aliphatic carbocycles. The van der Waals surface area contributed by atoms with Crippen molar-refractivity contribution in [2.24, 2.45) is 0 Å². The second-order valence-electron chi connectivity index (χ2n) is 7.44. The van der Waals surface area contributed by atoms with Gasteiger partial charge in [0.25, 0.3) is 0 Å². The maximum atomic E-state index is 13.0. The third kappa shape index (κ3) is 6.41. The highest BCUT2D eigenvalue weighted by Crippen LogP contribution is 2.21. The zero-order valence-corrected chi connectivity index (χ0v) is 19.0. The predicted molar refractivity (Wildman–Crippen MR) is 122 cm³/mol. The topological polar surface area (TPSA) is 102 Å². The number of sulfonamides is 1. The summed E-state index contributed by atoms with van der Waals surface area (Å²) < 4.78 is 35.8. The molecule has 1 heterocycles. The van der Waals surface area contributed by atoms with E-state index in [1.165, 1.54) is 19.2 Å². The smallest absolute Gasteiger partial charge is 0.241 e. The number of aromatic nitrogens is 2. The summed E-state index contributed by atoms with van der Waals surface area (Å²) >= 11 is 0. The van der Waals surface area contributed by atoms with Crippen LogP contribution in [0.15, 0.2) is 72.1 Å². The standard InChI is InChI=1S/C23H28N4O4S/c1-18-15-20(9-10-22(18)31-2)32(29,30)26-21(16-19-7-4-3-5-8-19)23(28)25-11-6-13-27-14-12-24-17-27/h3-5,7-10,12,14-15,17,21,26H,6,11,13,16H2,1-2H3,(H,25,28)/t21-/m1/s1. The highest BCUT2D eigenvalue weighted by Gasteiger charge is 2.26. The molecule has 32 heavy (non-hydrogen) atoms. The van der Waals surface area contributed by atoms with Gasteiger partial charge in [-0.2, -0.15) is 4.72 Å². The van der Waals surface area contributed by atoms with E-state index in [9.17, 15) is 13.2 Å². The second-order valence-corrected chi connectivity index (χ2v) is 9.15. The summed E-state index contributed by atoms with van der Waals surface area (Å²) in [6.07, 6.45) is 6.20. The fourth-order valence-electron chi connectivity index (χ4n) is 3.33. The van der Waals surface area contributed by atoms with Crippen molar-refractivity contribution in [3.63, 3.8) is 0 Å². The van der Waals surface area contributed by atoms with Crippen molar-refractivity contribution in [3.8, 4) is 5.75 Å². The van der Waals surface area contributed by atoms with Gasteiger partial charge in [0.1, 0.15) is 11.8 Å². The van der Waals surface area contributed by atoms with Gasteiger partial charge in [-0.1, -0.05) is 30.3 Å². The van der Waals surface area contributed by atoms with Crippen molar-refractivity contribution in [1.82, 2.24) is 19.6 Å². The van der Waals surface area contributed by atoms with Crippen LogP contribution in [-0.2, 0) is 27.8 Å². The van der Waals surface area contributed by atoms with E-state index in [4.69, 9.17) is 4.74 Å². The van der Waals surface area contributed by atoms with E-state index in [0.717, 1.165) is 5.56 Å². The lowest BCUT2D eigenvalue weighted by Gasteiger charge is -2.19. The van der Waals surface area contributed by atoms with Gasteiger partial charge in [-0.05, 0) is 49.1 Å². The number of carbonyl (C=O) groups excluding carboxylic acids is 1. The molecule has 0 spiro atoms. The number of hydrogen-bond donors (Lipinski definition) is 2. The number of amides is 1. The van der Waals surface area contributed by atoms with Gasteiger partial charge < -0.3 is 14.6 Å². The fourth-order valence-corrected chi connectivity index (χ4v) is 4.61. The van der Waals surface area contributed by atoms with Crippen LogP contribution in [0.3, 0.4) is 0 Å². The van der Waals surface area contributed by atoms with Crippen molar-refractivity contribution in [2.45, 2.75) is 37.2 Å². The number of carbonyl (C=O) groups is 1. The molecule has 8 nitrogen and oxygen atoms in total. The molecule has 0 radical (unpaired) electrons. The van der Waals surface area contributed by atoms with Gasteiger partial charge >= 0.3 is 0 Å². The van der Waals surface area contributed by atoms with Gasteiger partial charge in [-0.15, -0.1) is 0 Å². The highest BCUT2D eigenvalue weighted by molar-refractivity contribution is 7.89. The van der Waals surface area contributed by atoms with E-state index in [2.05, 4.69) is 15.0 Å². The zero-order valence-electron chi connectivity index (χ0n) is 18.2. The molecular formula is C23H28N4O4S. The van der Waals surface area contributed by atoms with Crippen LogP contribution < -0.4 is 14.8 Å². The van der Waals surface area contributed by atoms with E-state index in [1.54, 1.807) is 25.5 Å².